The first-order chi connectivity index (χ1) is 9.47. The molecule has 0 spiro atoms. The predicted octanol–water partition coefficient (Wildman–Crippen LogP) is 2.42. The summed E-state index contributed by atoms with van der Waals surface area (Å²) in [7, 11) is 0. The minimum Gasteiger partial charge on any atom is -0.374 e. The molecule has 1 aromatic carbocycles. The average molecular weight is 273 g/mol. The maximum Gasteiger partial charge on any atom is 0.228 e. The van der Waals surface area contributed by atoms with E-state index in [2.05, 4.69) is 12.2 Å². The van der Waals surface area contributed by atoms with Crippen LogP contribution in [0.2, 0.25) is 0 Å². The first-order valence-corrected chi connectivity index (χ1v) is 7.10. The molecule has 0 bridgehead atoms. The highest BCUT2D eigenvalue weighted by molar-refractivity contribution is 6.03. The summed E-state index contributed by atoms with van der Waals surface area (Å²) in [5.41, 5.74) is 2.42. The molecule has 0 aliphatic carbocycles. The topological polar surface area (TPSA) is 55.4 Å². The van der Waals surface area contributed by atoms with Gasteiger partial charge in [0.25, 0.3) is 0 Å². The Kier molecular flexibility index (Phi) is 3.13. The summed E-state index contributed by atoms with van der Waals surface area (Å²) in [6, 6.07) is 5.47. The molecule has 2 heterocycles. The molecule has 106 valence electrons. The molecule has 1 saturated heterocycles. The molecule has 1 N–H and O–H groups in total. The highest BCUT2D eigenvalue weighted by atomic mass is 16.5. The first kappa shape index (κ1) is 13.3. The second-order valence-corrected chi connectivity index (χ2v) is 5.89. The number of nitrogens with one attached hydrogen (secondary N) is 1. The zero-order chi connectivity index (χ0) is 14.4. The van der Waals surface area contributed by atoms with Crippen molar-refractivity contribution < 1.29 is 14.3 Å². The van der Waals surface area contributed by atoms with Crippen molar-refractivity contribution in [2.45, 2.75) is 39.4 Å². The molecule has 2 aliphatic heterocycles. The standard InChI is InChI=1S/C16H19NO3/c1-8-9(2)20-10(3)15(8)16(19)11-4-5-13-12(6-11)7-14(18)17-13/h4-6,8-10,15H,7H2,1-3H3,(H,17,18). The van der Waals surface area contributed by atoms with E-state index < -0.39 is 0 Å². The van der Waals surface area contributed by atoms with Crippen LogP contribution in [0.15, 0.2) is 18.2 Å². The Labute approximate surface area is 118 Å². The SMILES string of the molecule is CC1OC(C)C(C(=O)c2ccc3c(c2)CC(=O)N3)C1C. The Bertz CT molecular complexity index is 581. The lowest BCUT2D eigenvalue weighted by Gasteiger charge is -2.17. The van der Waals surface area contributed by atoms with Crippen molar-refractivity contribution in [3.63, 3.8) is 0 Å². The molecule has 1 amide bonds. The van der Waals surface area contributed by atoms with Crippen molar-refractivity contribution in [1.82, 2.24) is 0 Å². The molecule has 3 rings (SSSR count). The van der Waals surface area contributed by atoms with Crippen LogP contribution in [0.1, 0.15) is 36.7 Å². The van der Waals surface area contributed by atoms with Crippen molar-refractivity contribution >= 4 is 17.4 Å². The molecule has 0 aromatic heterocycles. The lowest BCUT2D eigenvalue weighted by molar-refractivity contribution is -0.115. The quantitative estimate of drug-likeness (QED) is 0.842. The summed E-state index contributed by atoms with van der Waals surface area (Å²) < 4.78 is 5.75. The number of rotatable bonds is 2. The lowest BCUT2D eigenvalue weighted by atomic mass is 9.83. The number of ether oxygens (including phenoxy) is 1. The van der Waals surface area contributed by atoms with Crippen molar-refractivity contribution in [1.29, 1.82) is 0 Å². The van der Waals surface area contributed by atoms with Gasteiger partial charge in [-0.1, -0.05) is 6.92 Å². The number of hydrogen-bond donors (Lipinski definition) is 1. The van der Waals surface area contributed by atoms with E-state index in [4.69, 9.17) is 4.74 Å². The van der Waals surface area contributed by atoms with Crippen LogP contribution in [0.5, 0.6) is 0 Å². The van der Waals surface area contributed by atoms with E-state index >= 15 is 0 Å². The van der Waals surface area contributed by atoms with E-state index in [1.807, 2.05) is 26.0 Å². The molecular weight excluding hydrogens is 254 g/mol. The number of Topliss-reactive ketones (excluding diaryl/α,β-unsaturated/α-hetero) is 1. The summed E-state index contributed by atoms with van der Waals surface area (Å²) >= 11 is 0. The van der Waals surface area contributed by atoms with E-state index in [0.29, 0.717) is 12.0 Å². The van der Waals surface area contributed by atoms with Gasteiger partial charge in [0.05, 0.1) is 24.5 Å². The molecule has 0 saturated carbocycles. The van der Waals surface area contributed by atoms with Gasteiger partial charge in [0.1, 0.15) is 0 Å². The van der Waals surface area contributed by atoms with Gasteiger partial charge in [0.2, 0.25) is 5.91 Å². The summed E-state index contributed by atoms with van der Waals surface area (Å²) in [5.74, 6) is 0.222. The highest BCUT2D eigenvalue weighted by Crippen LogP contribution is 2.35. The summed E-state index contributed by atoms with van der Waals surface area (Å²) in [6.07, 6.45) is 0.413. The third-order valence-corrected chi connectivity index (χ3v) is 4.56. The van der Waals surface area contributed by atoms with Gasteiger partial charge in [-0.2, -0.15) is 0 Å². The minimum atomic E-state index is -0.104. The van der Waals surface area contributed by atoms with Crippen molar-refractivity contribution in [2.75, 3.05) is 5.32 Å². The maximum absolute atomic E-state index is 12.7. The Morgan fingerprint density at radius 1 is 1.25 bits per heavy atom. The molecule has 4 nitrogen and oxygen atoms in total. The van der Waals surface area contributed by atoms with E-state index in [1.54, 1.807) is 6.07 Å². The van der Waals surface area contributed by atoms with E-state index in [9.17, 15) is 9.59 Å². The molecule has 1 fully saturated rings. The number of fused-ring (bicyclic) bond motifs is 1. The number of amides is 1. The van der Waals surface area contributed by atoms with Crippen LogP contribution in [0.3, 0.4) is 0 Å². The summed E-state index contributed by atoms with van der Waals surface area (Å²) in [5, 5.41) is 2.78. The summed E-state index contributed by atoms with van der Waals surface area (Å²) in [6.45, 7) is 6.04. The van der Waals surface area contributed by atoms with Crippen LogP contribution in [-0.2, 0) is 16.0 Å². The van der Waals surface area contributed by atoms with Gasteiger partial charge in [-0.3, -0.25) is 9.59 Å². The number of carbonyl (C=O) groups is 2. The van der Waals surface area contributed by atoms with Crippen molar-refractivity contribution in [3.8, 4) is 0 Å². The van der Waals surface area contributed by atoms with Crippen molar-refractivity contribution in [3.05, 3.63) is 29.3 Å². The summed E-state index contributed by atoms with van der Waals surface area (Å²) in [4.78, 5) is 24.1. The zero-order valence-electron chi connectivity index (χ0n) is 12.0. The lowest BCUT2D eigenvalue weighted by Crippen LogP contribution is -2.26. The second-order valence-electron chi connectivity index (χ2n) is 5.89. The molecule has 0 radical (unpaired) electrons. The molecule has 4 unspecified atom stereocenters. The Hall–Kier alpha value is -1.68. The molecular formula is C16H19NO3. The fraction of sp³-hybridized carbons (Fsp3) is 0.500. The van der Waals surface area contributed by atoms with E-state index in [0.717, 1.165) is 11.3 Å². The van der Waals surface area contributed by atoms with Crippen LogP contribution >= 0.6 is 0 Å². The van der Waals surface area contributed by atoms with Gasteiger partial charge >= 0.3 is 0 Å². The van der Waals surface area contributed by atoms with Crippen LogP contribution in [-0.4, -0.2) is 23.9 Å². The zero-order valence-corrected chi connectivity index (χ0v) is 12.0. The van der Waals surface area contributed by atoms with E-state index in [1.165, 1.54) is 0 Å². The van der Waals surface area contributed by atoms with Gasteiger partial charge in [-0.15, -0.1) is 0 Å². The third kappa shape index (κ3) is 2.04. The molecule has 1 aromatic rings. The van der Waals surface area contributed by atoms with Crippen LogP contribution in [0.4, 0.5) is 5.69 Å². The fourth-order valence-electron chi connectivity index (χ4n) is 3.29. The normalized spacial score (nSPS) is 32.0. The number of carbonyl (C=O) groups excluding carboxylic acids is 2. The predicted molar refractivity (Wildman–Crippen MR) is 75.8 cm³/mol. The number of hydrogen-bond acceptors (Lipinski definition) is 3. The minimum absolute atomic E-state index is 0.0100. The van der Waals surface area contributed by atoms with E-state index in [-0.39, 0.29) is 35.7 Å². The van der Waals surface area contributed by atoms with Gasteiger partial charge in [0, 0.05) is 11.3 Å². The van der Waals surface area contributed by atoms with Gasteiger partial charge in [0.15, 0.2) is 5.78 Å². The van der Waals surface area contributed by atoms with Crippen LogP contribution in [0, 0.1) is 11.8 Å². The smallest absolute Gasteiger partial charge is 0.228 e. The van der Waals surface area contributed by atoms with Crippen LogP contribution < -0.4 is 5.32 Å². The van der Waals surface area contributed by atoms with Crippen molar-refractivity contribution in [2.24, 2.45) is 11.8 Å². The maximum atomic E-state index is 12.7. The number of ketones is 1. The molecule has 4 atom stereocenters. The highest BCUT2D eigenvalue weighted by Gasteiger charge is 2.41. The largest absolute Gasteiger partial charge is 0.374 e. The fourth-order valence-corrected chi connectivity index (χ4v) is 3.29. The number of benzene rings is 1. The van der Waals surface area contributed by atoms with Gasteiger partial charge in [-0.05, 0) is 43.5 Å². The average Bonchev–Trinajstić information content (AvgIpc) is 2.87. The second kappa shape index (κ2) is 4.70. The Morgan fingerprint density at radius 2 is 2.00 bits per heavy atom. The third-order valence-electron chi connectivity index (χ3n) is 4.56. The molecule has 4 heteroatoms. The molecule has 2 aliphatic rings. The number of anilines is 1. The Balaban J connectivity index is 1.88. The monoisotopic (exact) mass is 273 g/mol. The van der Waals surface area contributed by atoms with Crippen LogP contribution in [0.25, 0.3) is 0 Å². The van der Waals surface area contributed by atoms with Gasteiger partial charge in [-0.25, -0.2) is 0 Å². The molecule has 20 heavy (non-hydrogen) atoms. The first-order valence-electron chi connectivity index (χ1n) is 7.10. The van der Waals surface area contributed by atoms with Gasteiger partial charge < -0.3 is 10.1 Å². The Morgan fingerprint density at radius 3 is 2.65 bits per heavy atom.